The molecule has 5 heteroatoms. The predicted octanol–water partition coefficient (Wildman–Crippen LogP) is 14.7. The highest BCUT2D eigenvalue weighted by Gasteiger charge is 2.17. The molecule has 0 aromatic carbocycles. The van der Waals surface area contributed by atoms with Gasteiger partial charge < -0.3 is 14.2 Å². The van der Waals surface area contributed by atoms with Crippen molar-refractivity contribution in [3.63, 3.8) is 0 Å². The van der Waals surface area contributed by atoms with Crippen LogP contribution in [0.5, 0.6) is 0 Å². The molecule has 0 aromatic rings. The van der Waals surface area contributed by atoms with Gasteiger partial charge >= 0.3 is 11.9 Å². The molecule has 304 valence electrons. The van der Waals surface area contributed by atoms with Gasteiger partial charge in [0.25, 0.3) is 0 Å². The van der Waals surface area contributed by atoms with Crippen LogP contribution in [0.3, 0.4) is 0 Å². The molecule has 0 spiro atoms. The number of hydrogen-bond acceptors (Lipinski definition) is 5. The number of hydrogen-bond donors (Lipinski definition) is 0. The summed E-state index contributed by atoms with van der Waals surface area (Å²) >= 11 is 0. The van der Waals surface area contributed by atoms with Crippen molar-refractivity contribution in [3.8, 4) is 0 Å². The van der Waals surface area contributed by atoms with Gasteiger partial charge in [0.2, 0.25) is 0 Å². The SMILES string of the molecule is CC/C=C\C/C=C\C/C=C\CCCCCC(=O)OC(COCCCCCCCCCC)COC(=O)CCCCCCCCCCCCCCCCC. The first kappa shape index (κ1) is 50.1. The van der Waals surface area contributed by atoms with Crippen LogP contribution in [-0.4, -0.2) is 37.9 Å². The Morgan fingerprint density at radius 2 is 0.865 bits per heavy atom. The Morgan fingerprint density at radius 1 is 0.442 bits per heavy atom. The molecule has 0 heterocycles. The van der Waals surface area contributed by atoms with Crippen molar-refractivity contribution in [3.05, 3.63) is 36.5 Å². The Kier molecular flexibility index (Phi) is 42.0. The summed E-state index contributed by atoms with van der Waals surface area (Å²) in [5, 5.41) is 0. The molecule has 0 amide bonds. The Hall–Kier alpha value is -1.88. The molecule has 5 nitrogen and oxygen atoms in total. The van der Waals surface area contributed by atoms with Crippen LogP contribution in [0.15, 0.2) is 36.5 Å². The lowest BCUT2D eigenvalue weighted by atomic mass is 10.0. The van der Waals surface area contributed by atoms with Gasteiger partial charge in [0.1, 0.15) is 6.61 Å². The number of rotatable bonds is 41. The highest BCUT2D eigenvalue weighted by Crippen LogP contribution is 2.15. The number of carbonyl (C=O) groups is 2. The van der Waals surface area contributed by atoms with Gasteiger partial charge in [-0.25, -0.2) is 0 Å². The van der Waals surface area contributed by atoms with E-state index in [0.29, 0.717) is 19.4 Å². The average molecular weight is 731 g/mol. The maximum atomic E-state index is 12.7. The fraction of sp³-hybridized carbons (Fsp3) is 0.830. The van der Waals surface area contributed by atoms with E-state index in [1.54, 1.807) is 0 Å². The van der Waals surface area contributed by atoms with Gasteiger partial charge in [-0.05, 0) is 51.4 Å². The van der Waals surface area contributed by atoms with Gasteiger partial charge in [-0.15, -0.1) is 0 Å². The van der Waals surface area contributed by atoms with Crippen LogP contribution >= 0.6 is 0 Å². The summed E-state index contributed by atoms with van der Waals surface area (Å²) in [5.74, 6) is -0.423. The number of esters is 2. The minimum atomic E-state index is -0.542. The van der Waals surface area contributed by atoms with E-state index in [0.717, 1.165) is 70.6 Å². The van der Waals surface area contributed by atoms with E-state index >= 15 is 0 Å². The summed E-state index contributed by atoms with van der Waals surface area (Å²) in [4.78, 5) is 25.2. The molecular weight excluding hydrogens is 645 g/mol. The monoisotopic (exact) mass is 731 g/mol. The minimum absolute atomic E-state index is 0.0782. The molecule has 0 saturated heterocycles. The van der Waals surface area contributed by atoms with Crippen molar-refractivity contribution in [1.82, 2.24) is 0 Å². The van der Waals surface area contributed by atoms with Crippen molar-refractivity contribution in [2.24, 2.45) is 0 Å². The van der Waals surface area contributed by atoms with Crippen LogP contribution in [0, 0.1) is 0 Å². The average Bonchev–Trinajstić information content (AvgIpc) is 3.14. The quantitative estimate of drug-likeness (QED) is 0.0356. The van der Waals surface area contributed by atoms with Crippen molar-refractivity contribution in [2.75, 3.05) is 19.8 Å². The molecule has 0 radical (unpaired) electrons. The molecule has 0 fully saturated rings. The summed E-state index contributed by atoms with van der Waals surface area (Å²) < 4.78 is 17.2. The Morgan fingerprint density at radius 3 is 1.38 bits per heavy atom. The maximum absolute atomic E-state index is 12.7. The topological polar surface area (TPSA) is 61.8 Å². The molecule has 1 atom stereocenters. The highest BCUT2D eigenvalue weighted by molar-refractivity contribution is 5.70. The lowest BCUT2D eigenvalue weighted by Crippen LogP contribution is -2.30. The van der Waals surface area contributed by atoms with Crippen LogP contribution in [0.1, 0.15) is 226 Å². The number of unbranched alkanes of at least 4 members (excludes halogenated alkanes) is 24. The van der Waals surface area contributed by atoms with Crippen molar-refractivity contribution in [2.45, 2.75) is 232 Å². The second-order valence-electron chi connectivity index (χ2n) is 14.9. The number of ether oxygens (including phenoxy) is 3. The van der Waals surface area contributed by atoms with Crippen LogP contribution in [0.25, 0.3) is 0 Å². The third-order valence-corrected chi connectivity index (χ3v) is 9.69. The van der Waals surface area contributed by atoms with Crippen molar-refractivity contribution in [1.29, 1.82) is 0 Å². The third kappa shape index (κ3) is 40.9. The first-order chi connectivity index (χ1) is 25.6. The van der Waals surface area contributed by atoms with Gasteiger partial charge in [0, 0.05) is 19.4 Å². The number of allylic oxidation sites excluding steroid dienone is 6. The zero-order valence-electron chi connectivity index (χ0n) is 34.8. The smallest absolute Gasteiger partial charge is 0.306 e. The molecule has 0 aliphatic rings. The molecular formula is C47H86O5. The normalized spacial score (nSPS) is 12.4. The molecule has 0 rings (SSSR count). The molecule has 0 N–H and O–H groups in total. The van der Waals surface area contributed by atoms with E-state index in [2.05, 4.69) is 57.2 Å². The van der Waals surface area contributed by atoms with Crippen LogP contribution in [0.4, 0.5) is 0 Å². The van der Waals surface area contributed by atoms with Gasteiger partial charge in [0.05, 0.1) is 6.61 Å². The minimum Gasteiger partial charge on any atom is -0.462 e. The molecule has 0 aliphatic heterocycles. The van der Waals surface area contributed by atoms with Gasteiger partial charge in [-0.1, -0.05) is 198 Å². The summed E-state index contributed by atoms with van der Waals surface area (Å²) in [5.41, 5.74) is 0. The predicted molar refractivity (Wildman–Crippen MR) is 224 cm³/mol. The largest absolute Gasteiger partial charge is 0.462 e. The van der Waals surface area contributed by atoms with Crippen molar-refractivity contribution < 1.29 is 23.8 Å². The van der Waals surface area contributed by atoms with Gasteiger partial charge in [-0.2, -0.15) is 0 Å². The van der Waals surface area contributed by atoms with E-state index in [-0.39, 0.29) is 25.2 Å². The summed E-state index contributed by atoms with van der Waals surface area (Å²) in [7, 11) is 0. The van der Waals surface area contributed by atoms with Gasteiger partial charge in [0.15, 0.2) is 6.10 Å². The van der Waals surface area contributed by atoms with E-state index in [1.807, 2.05) is 0 Å². The fourth-order valence-electron chi connectivity index (χ4n) is 6.35. The van der Waals surface area contributed by atoms with Crippen molar-refractivity contribution >= 4 is 11.9 Å². The van der Waals surface area contributed by atoms with E-state index in [4.69, 9.17) is 14.2 Å². The molecule has 0 saturated carbocycles. The van der Waals surface area contributed by atoms with E-state index in [9.17, 15) is 9.59 Å². The fourth-order valence-corrected chi connectivity index (χ4v) is 6.35. The molecule has 0 aliphatic carbocycles. The van der Waals surface area contributed by atoms with E-state index < -0.39 is 6.10 Å². The molecule has 1 unspecified atom stereocenters. The summed E-state index contributed by atoms with van der Waals surface area (Å²) in [6, 6.07) is 0. The van der Waals surface area contributed by atoms with E-state index in [1.165, 1.54) is 122 Å². The lowest BCUT2D eigenvalue weighted by molar-refractivity contribution is -0.163. The molecule has 0 aromatic heterocycles. The molecule has 52 heavy (non-hydrogen) atoms. The second kappa shape index (κ2) is 43.5. The van der Waals surface area contributed by atoms with Crippen LogP contribution < -0.4 is 0 Å². The second-order valence-corrected chi connectivity index (χ2v) is 14.9. The Bertz CT molecular complexity index is 832. The lowest BCUT2D eigenvalue weighted by Gasteiger charge is -2.18. The zero-order valence-corrected chi connectivity index (χ0v) is 34.8. The summed E-state index contributed by atoms with van der Waals surface area (Å²) in [6.45, 7) is 7.69. The maximum Gasteiger partial charge on any atom is 0.306 e. The first-order valence-corrected chi connectivity index (χ1v) is 22.5. The third-order valence-electron chi connectivity index (χ3n) is 9.69. The van der Waals surface area contributed by atoms with Crippen LogP contribution in [-0.2, 0) is 23.8 Å². The Labute approximate surface area is 323 Å². The Balaban J connectivity index is 4.20. The standard InChI is InChI=1S/C47H86O5/c1-4-7-10-13-16-19-21-23-24-26-27-29-31-34-37-40-46(48)51-44-45(43-50-42-39-36-33-18-15-12-9-6-3)52-47(49)41-38-35-32-30-28-25-22-20-17-14-11-8-5-2/h8,11,17,20,25,28,45H,4-7,9-10,12-16,18-19,21-24,26-27,29-44H2,1-3H3/b11-8-,20-17-,28-25-. The summed E-state index contributed by atoms with van der Waals surface area (Å²) in [6.07, 6.45) is 50.0. The molecule has 0 bridgehead atoms. The number of carbonyl (C=O) groups excluding carboxylic acids is 2. The van der Waals surface area contributed by atoms with Crippen LogP contribution in [0.2, 0.25) is 0 Å². The first-order valence-electron chi connectivity index (χ1n) is 22.5. The zero-order chi connectivity index (χ0) is 37.8. The van der Waals surface area contributed by atoms with Gasteiger partial charge in [-0.3, -0.25) is 9.59 Å². The highest BCUT2D eigenvalue weighted by atomic mass is 16.6.